The molecule has 0 bridgehead atoms. The first kappa shape index (κ1) is 83.1. The van der Waals surface area contributed by atoms with Crippen LogP contribution in [0.3, 0.4) is 0 Å². The predicted molar refractivity (Wildman–Crippen MR) is 381 cm³/mol. The van der Waals surface area contributed by atoms with E-state index in [2.05, 4.69) is 85.1 Å². The van der Waals surface area contributed by atoms with Crippen LogP contribution in [-0.2, 0) is 28.4 Å². The fraction of sp³-hybridized carbons (Fsp3) is 0.682. The zero-order chi connectivity index (χ0) is 75.1. The second-order valence-electron chi connectivity index (χ2n) is 26.1. The van der Waals surface area contributed by atoms with Crippen molar-refractivity contribution in [3.05, 3.63) is 87.7 Å². The van der Waals surface area contributed by atoms with Crippen LogP contribution in [0, 0.1) is 24.8 Å². The molecular formula is C66H100Cl2F2N22O12. The maximum Gasteiger partial charge on any atom is 0.266 e. The molecule has 0 aromatic carbocycles. The highest BCUT2D eigenvalue weighted by Crippen LogP contribution is 2.33. The standard InChI is InChI=1S/C16H18ClFN6O.C12H21N3O3.C10H17N3O2.C8H17N3O3.C8H14N2O2.C6H3ClFN3.C6H10N2O/c1-9(2)15-21-16(22-25-15)23-5-3-10(4-6-23)24-7-11(18)12-13(17)19-8-20-14(12)24;1-9(2)11-13-12(14-18-11)15-6-4-10(5-7-15)17-8-16-3;1-7(2)9-11-10(12-15-9)13-5-3-8(14)4-6-13;1-13-6-14-7-2-4-11(5-3-7)8(9)10-12;1-9-10-5-3-8(4-6-10)12-7-11-2;7-5-4-3(8)1-9-6(4)11-2-10-5;1-7-8-4-2-6(9)3-5-8/h7-10H,3-6H2,1-2H3;9-10H,4-8H2,1-3H3;7-8,14H,3-6H2,1-2H3;7,12H,2-6H2,1H3,(H2,9,10);8H,3-7H2,2H3;1-2H,(H,9,10,11);6,9H,2-5H2. The number of anilines is 3. The van der Waals surface area contributed by atoms with Gasteiger partial charge in [0.15, 0.2) is 11.6 Å². The largest absolute Gasteiger partial charge is 0.408 e. The summed E-state index contributed by atoms with van der Waals surface area (Å²) in [6.45, 7) is 36.2. The van der Waals surface area contributed by atoms with Gasteiger partial charge in [-0.2, -0.15) is 38.0 Å². The van der Waals surface area contributed by atoms with Crippen molar-refractivity contribution in [2.45, 2.75) is 173 Å². The van der Waals surface area contributed by atoms with Crippen molar-refractivity contribution in [1.29, 1.82) is 0 Å². The van der Waals surface area contributed by atoms with E-state index in [4.69, 9.17) is 94.4 Å². The Hall–Kier alpha value is -8.17. The Morgan fingerprint density at radius 1 is 0.567 bits per heavy atom. The number of aromatic amines is 1. The normalized spacial score (nSPS) is 17.6. The molecule has 104 heavy (non-hydrogen) atoms. The molecule has 13 heterocycles. The number of likely N-dealkylation sites (tertiary alicyclic amines) is 1. The number of H-pyrrole nitrogens is 1. The van der Waals surface area contributed by atoms with Crippen molar-refractivity contribution >= 4 is 69.1 Å². The van der Waals surface area contributed by atoms with E-state index in [0.29, 0.717) is 67.2 Å². The van der Waals surface area contributed by atoms with Crippen molar-refractivity contribution in [2.75, 3.05) is 135 Å². The van der Waals surface area contributed by atoms with Crippen molar-refractivity contribution in [1.82, 2.24) is 74.8 Å². The molecule has 34 nitrogen and oxygen atoms in total. The molecule has 7 aromatic rings. The van der Waals surface area contributed by atoms with Gasteiger partial charge in [0.1, 0.15) is 54.6 Å². The molecule has 0 atom stereocenters. The number of ether oxygens (including phenoxy) is 6. The molecule has 574 valence electrons. The lowest BCUT2D eigenvalue weighted by molar-refractivity contribution is -0.0860. The summed E-state index contributed by atoms with van der Waals surface area (Å²) in [7, 11) is 4.86. The Balaban J connectivity index is 0.000000174. The van der Waals surface area contributed by atoms with Gasteiger partial charge in [0.2, 0.25) is 23.6 Å². The van der Waals surface area contributed by atoms with Crippen LogP contribution in [0.4, 0.5) is 26.6 Å². The number of guanidine groups is 1. The van der Waals surface area contributed by atoms with E-state index in [1.165, 1.54) is 25.0 Å². The zero-order valence-electron chi connectivity index (χ0n) is 60.6. The summed E-state index contributed by atoms with van der Waals surface area (Å²) in [5, 5.41) is 46.0. The van der Waals surface area contributed by atoms with Gasteiger partial charge in [0.25, 0.3) is 17.8 Å². The third-order valence-corrected chi connectivity index (χ3v) is 18.1. The van der Waals surface area contributed by atoms with E-state index in [9.17, 15) is 13.9 Å². The molecule has 0 unspecified atom stereocenters. The summed E-state index contributed by atoms with van der Waals surface area (Å²) >= 11 is 11.6. The Morgan fingerprint density at radius 3 is 1.34 bits per heavy atom. The number of nitrogens with zero attached hydrogens (tertiary/aromatic N) is 20. The molecule has 0 amide bonds. The van der Waals surface area contributed by atoms with Crippen LogP contribution in [0.15, 0.2) is 43.8 Å². The SMILES string of the molecule is CC(C)c1nc(N2CCC(O)CC2)no1.CC(C)c1nc(N2CCC(n3cc(F)c4c(Cl)ncnc43)CC2)no1.COCOC1CCN(/C(N)=N/O)CC1.COCOC1CCN(c2noc(C(C)C)n2)CC1.Fc1c[nH]c2ncnc(Cl)c12.[C-]#[N+]N1CCC(O)CC1.[C-]#[N+]N1CCC(OCOC)CC1. The van der Waals surface area contributed by atoms with Crippen LogP contribution in [0.1, 0.15) is 160 Å². The molecule has 0 radical (unpaired) electrons. The van der Waals surface area contributed by atoms with E-state index in [1.54, 1.807) is 31.3 Å². The van der Waals surface area contributed by atoms with Gasteiger partial charge in [0, 0.05) is 110 Å². The maximum atomic E-state index is 14.2. The maximum absolute atomic E-state index is 14.2. The molecule has 0 aliphatic carbocycles. The minimum Gasteiger partial charge on any atom is -0.408 e. The summed E-state index contributed by atoms with van der Waals surface area (Å²) in [6, 6.07) is 0.144. The molecule has 6 fully saturated rings. The monoisotopic (exact) mass is 1500 g/mol. The molecule has 38 heteroatoms. The molecule has 0 spiro atoms. The number of hydrogen-bond donors (Lipinski definition) is 5. The number of fused-ring (bicyclic) bond motifs is 2. The molecule has 13 rings (SSSR count). The third-order valence-electron chi connectivity index (χ3n) is 17.6. The topological polar surface area (TPSA) is 372 Å². The number of piperidine rings is 6. The summed E-state index contributed by atoms with van der Waals surface area (Å²) in [4.78, 5) is 46.0. The Kier molecular flexibility index (Phi) is 34.6. The van der Waals surface area contributed by atoms with Gasteiger partial charge in [-0.05, 0) is 92.5 Å². The first-order chi connectivity index (χ1) is 50.2. The highest BCUT2D eigenvalue weighted by Gasteiger charge is 2.29. The number of aliphatic hydroxyl groups is 2. The number of rotatable bonds is 16. The number of aliphatic hydroxyl groups excluding tert-OH is 2. The fourth-order valence-corrected chi connectivity index (χ4v) is 11.9. The third kappa shape index (κ3) is 25.6. The van der Waals surface area contributed by atoms with Crippen molar-refractivity contribution < 1.29 is 66.2 Å². The number of halogens is 4. The lowest BCUT2D eigenvalue weighted by atomic mass is 10.1. The number of hydrogen-bond acceptors (Lipinski definition) is 28. The molecule has 6 N–H and O–H groups in total. The minimum absolute atomic E-state index is 0.133. The number of methoxy groups -OCH3 is 3. The van der Waals surface area contributed by atoms with Gasteiger partial charge in [-0.3, -0.25) is 0 Å². The minimum atomic E-state index is -0.425. The van der Waals surface area contributed by atoms with E-state index >= 15 is 0 Å². The number of nitrogens with two attached hydrogens (primary N) is 1. The summed E-state index contributed by atoms with van der Waals surface area (Å²) in [5.74, 6) is 4.10. The van der Waals surface area contributed by atoms with Crippen molar-refractivity contribution in [3.8, 4) is 0 Å². The second-order valence-corrected chi connectivity index (χ2v) is 26.8. The molecule has 6 aliphatic heterocycles. The highest BCUT2D eigenvalue weighted by molar-refractivity contribution is 6.34. The Bertz CT molecular complexity index is 3690. The summed E-state index contributed by atoms with van der Waals surface area (Å²) in [5.41, 5.74) is 6.41. The first-order valence-electron chi connectivity index (χ1n) is 34.9. The van der Waals surface area contributed by atoms with E-state index in [1.807, 2.05) is 51.0 Å². The lowest BCUT2D eigenvalue weighted by Crippen LogP contribution is -2.44. The van der Waals surface area contributed by atoms with Crippen LogP contribution in [0.5, 0.6) is 0 Å². The van der Waals surface area contributed by atoms with Crippen molar-refractivity contribution in [2.24, 2.45) is 10.9 Å². The van der Waals surface area contributed by atoms with Gasteiger partial charge < -0.3 is 92.3 Å². The summed E-state index contributed by atoms with van der Waals surface area (Å²) in [6.07, 6.45) is 16.0. The zero-order valence-corrected chi connectivity index (χ0v) is 62.2. The molecule has 7 aromatic heterocycles. The smallest absolute Gasteiger partial charge is 0.266 e. The van der Waals surface area contributed by atoms with Crippen LogP contribution in [0.2, 0.25) is 10.3 Å². The Labute approximate surface area is 613 Å². The lowest BCUT2D eigenvalue weighted by Gasteiger charge is -2.31. The number of aromatic nitrogens is 12. The number of nitrogens with one attached hydrogen (secondary N) is 1. The number of oxime groups is 1. The Morgan fingerprint density at radius 2 is 0.942 bits per heavy atom. The van der Waals surface area contributed by atoms with Gasteiger partial charge >= 0.3 is 0 Å². The quantitative estimate of drug-likeness (QED) is 0.0114. The van der Waals surface area contributed by atoms with Crippen LogP contribution >= 0.6 is 23.2 Å². The van der Waals surface area contributed by atoms with Crippen LogP contribution < -0.4 is 20.4 Å². The molecule has 0 saturated carbocycles. The molecular weight excluding hydrogens is 1400 g/mol. The van der Waals surface area contributed by atoms with Gasteiger partial charge in [-0.15, -0.1) is 10.0 Å². The molecule has 6 aliphatic rings. The average molecular weight is 1500 g/mol. The molecule has 6 saturated heterocycles. The van der Waals surface area contributed by atoms with Gasteiger partial charge in [0.05, 0.1) is 67.5 Å². The fourth-order valence-electron chi connectivity index (χ4n) is 11.4. The van der Waals surface area contributed by atoms with E-state index < -0.39 is 5.82 Å². The first-order valence-corrected chi connectivity index (χ1v) is 35.6. The van der Waals surface area contributed by atoms with Crippen LogP contribution in [-0.4, -0.2) is 247 Å². The summed E-state index contributed by atoms with van der Waals surface area (Å²) < 4.78 is 75.4. The van der Waals surface area contributed by atoms with E-state index in [0.717, 1.165) is 156 Å². The second kappa shape index (κ2) is 43.3. The highest BCUT2D eigenvalue weighted by atomic mass is 35.5. The van der Waals surface area contributed by atoms with Crippen molar-refractivity contribution in [3.63, 3.8) is 0 Å². The van der Waals surface area contributed by atoms with Gasteiger partial charge in [-0.1, -0.05) is 69.9 Å². The van der Waals surface area contributed by atoms with Crippen LogP contribution in [0.25, 0.3) is 32.0 Å². The predicted octanol–water partition coefficient (Wildman–Crippen LogP) is 9.22. The average Bonchev–Trinajstić information content (AvgIpc) is 1.62. The van der Waals surface area contributed by atoms with Gasteiger partial charge in [-0.25, -0.2) is 28.7 Å². The van der Waals surface area contributed by atoms with E-state index in [-0.39, 0.29) is 87.2 Å².